The van der Waals surface area contributed by atoms with Crippen LogP contribution in [0.4, 0.5) is 0 Å². The highest BCUT2D eigenvalue weighted by Crippen LogP contribution is 2.30. The summed E-state index contributed by atoms with van der Waals surface area (Å²) in [5.74, 6) is 0.796. The van der Waals surface area contributed by atoms with Gasteiger partial charge in [-0.05, 0) is 43.5 Å². The summed E-state index contributed by atoms with van der Waals surface area (Å²) in [5, 5.41) is 9.41. The summed E-state index contributed by atoms with van der Waals surface area (Å²) < 4.78 is 1.03. The molecule has 2 rings (SSSR count). The maximum Gasteiger partial charge on any atom is 0.124 e. The average molecular weight is 293 g/mol. The molecular formula is C14H17BrN2. The SMILES string of the molecule is CC1CCN(C(C#N)c2ccccc2Br)CC1. The molecule has 1 fully saturated rings. The Morgan fingerprint density at radius 3 is 2.59 bits per heavy atom. The van der Waals surface area contributed by atoms with E-state index in [2.05, 4.69) is 33.8 Å². The Kier molecular flexibility index (Phi) is 4.20. The second-order valence-corrected chi connectivity index (χ2v) is 5.63. The molecule has 2 nitrogen and oxygen atoms in total. The molecule has 0 amide bonds. The van der Waals surface area contributed by atoms with Crippen molar-refractivity contribution >= 4 is 15.9 Å². The van der Waals surface area contributed by atoms with Gasteiger partial charge in [0.2, 0.25) is 0 Å². The van der Waals surface area contributed by atoms with Crippen molar-refractivity contribution in [2.75, 3.05) is 13.1 Å². The Hall–Kier alpha value is -0.850. The number of hydrogen-bond acceptors (Lipinski definition) is 2. The van der Waals surface area contributed by atoms with E-state index in [1.165, 1.54) is 12.8 Å². The van der Waals surface area contributed by atoms with Gasteiger partial charge in [0.1, 0.15) is 6.04 Å². The lowest BCUT2D eigenvalue weighted by molar-refractivity contribution is 0.164. The molecule has 1 unspecified atom stereocenters. The van der Waals surface area contributed by atoms with E-state index in [1.807, 2.05) is 24.3 Å². The quantitative estimate of drug-likeness (QED) is 0.830. The molecule has 1 saturated heterocycles. The van der Waals surface area contributed by atoms with Gasteiger partial charge < -0.3 is 0 Å². The van der Waals surface area contributed by atoms with E-state index in [1.54, 1.807) is 0 Å². The van der Waals surface area contributed by atoms with Gasteiger partial charge >= 0.3 is 0 Å². The molecule has 0 N–H and O–H groups in total. The number of hydrogen-bond donors (Lipinski definition) is 0. The summed E-state index contributed by atoms with van der Waals surface area (Å²) in [7, 11) is 0. The summed E-state index contributed by atoms with van der Waals surface area (Å²) in [6, 6.07) is 10.4. The fraction of sp³-hybridized carbons (Fsp3) is 0.500. The molecule has 0 bridgehead atoms. The van der Waals surface area contributed by atoms with Gasteiger partial charge in [-0.25, -0.2) is 0 Å². The number of halogens is 1. The van der Waals surface area contributed by atoms with Crippen LogP contribution < -0.4 is 0 Å². The predicted molar refractivity (Wildman–Crippen MR) is 72.5 cm³/mol. The Labute approximate surface area is 111 Å². The van der Waals surface area contributed by atoms with Gasteiger partial charge in [0, 0.05) is 4.47 Å². The molecule has 17 heavy (non-hydrogen) atoms. The fourth-order valence-electron chi connectivity index (χ4n) is 2.33. The summed E-state index contributed by atoms with van der Waals surface area (Å²) >= 11 is 3.54. The van der Waals surface area contributed by atoms with Gasteiger partial charge in [-0.15, -0.1) is 0 Å². The van der Waals surface area contributed by atoms with Gasteiger partial charge in [0.25, 0.3) is 0 Å². The molecular weight excluding hydrogens is 276 g/mol. The standard InChI is InChI=1S/C14H17BrN2/c1-11-6-8-17(9-7-11)14(10-16)12-4-2-3-5-13(12)15/h2-5,11,14H,6-9H2,1H3. The smallest absolute Gasteiger partial charge is 0.124 e. The number of rotatable bonds is 2. The van der Waals surface area contributed by atoms with Gasteiger partial charge in [-0.2, -0.15) is 5.26 Å². The van der Waals surface area contributed by atoms with Crippen molar-refractivity contribution < 1.29 is 0 Å². The van der Waals surface area contributed by atoms with E-state index >= 15 is 0 Å². The van der Waals surface area contributed by atoms with Gasteiger partial charge in [0.05, 0.1) is 6.07 Å². The molecule has 0 radical (unpaired) electrons. The van der Waals surface area contributed by atoms with Crippen molar-refractivity contribution in [1.29, 1.82) is 5.26 Å². The second-order valence-electron chi connectivity index (χ2n) is 4.77. The molecule has 0 spiro atoms. The van der Waals surface area contributed by atoms with Crippen LogP contribution in [-0.4, -0.2) is 18.0 Å². The summed E-state index contributed by atoms with van der Waals surface area (Å²) in [6.45, 7) is 4.35. The van der Waals surface area contributed by atoms with Crippen LogP contribution >= 0.6 is 15.9 Å². The minimum absolute atomic E-state index is 0.113. The molecule has 0 aliphatic carbocycles. The Balaban J connectivity index is 2.18. The van der Waals surface area contributed by atoms with Crippen molar-refractivity contribution in [3.05, 3.63) is 34.3 Å². The van der Waals surface area contributed by atoms with Crippen molar-refractivity contribution in [2.45, 2.75) is 25.8 Å². The van der Waals surface area contributed by atoms with Crippen molar-refractivity contribution in [2.24, 2.45) is 5.92 Å². The third kappa shape index (κ3) is 2.88. The molecule has 0 aromatic heterocycles. The highest BCUT2D eigenvalue weighted by Gasteiger charge is 2.25. The second kappa shape index (κ2) is 5.66. The first-order valence-electron chi connectivity index (χ1n) is 6.10. The van der Waals surface area contributed by atoms with Crippen LogP contribution in [0.2, 0.25) is 0 Å². The molecule has 1 aromatic rings. The number of piperidine rings is 1. The number of likely N-dealkylation sites (tertiary alicyclic amines) is 1. The lowest BCUT2D eigenvalue weighted by Gasteiger charge is -2.33. The number of nitrogens with zero attached hydrogens (tertiary/aromatic N) is 2. The minimum atomic E-state index is -0.113. The highest BCUT2D eigenvalue weighted by atomic mass is 79.9. The van der Waals surface area contributed by atoms with Crippen LogP contribution in [0.25, 0.3) is 0 Å². The minimum Gasteiger partial charge on any atom is -0.284 e. The highest BCUT2D eigenvalue weighted by molar-refractivity contribution is 9.10. The molecule has 1 atom stereocenters. The molecule has 3 heteroatoms. The van der Waals surface area contributed by atoms with E-state index in [9.17, 15) is 5.26 Å². The maximum absolute atomic E-state index is 9.41. The third-order valence-electron chi connectivity index (χ3n) is 3.51. The average Bonchev–Trinajstić information content (AvgIpc) is 2.35. The largest absolute Gasteiger partial charge is 0.284 e. The molecule has 1 aromatic carbocycles. The van der Waals surface area contributed by atoms with Crippen molar-refractivity contribution in [3.8, 4) is 6.07 Å². The molecule has 1 aliphatic rings. The predicted octanol–water partition coefficient (Wildman–Crippen LogP) is 3.75. The zero-order valence-corrected chi connectivity index (χ0v) is 11.7. The van der Waals surface area contributed by atoms with E-state index in [-0.39, 0.29) is 6.04 Å². The third-order valence-corrected chi connectivity index (χ3v) is 4.23. The van der Waals surface area contributed by atoms with Gasteiger partial charge in [-0.3, -0.25) is 4.90 Å². The van der Waals surface area contributed by atoms with Gasteiger partial charge in [-0.1, -0.05) is 41.1 Å². The first-order chi connectivity index (χ1) is 8.22. The van der Waals surface area contributed by atoms with E-state index < -0.39 is 0 Å². The number of nitriles is 1. The first-order valence-corrected chi connectivity index (χ1v) is 6.89. The summed E-state index contributed by atoms with van der Waals surface area (Å²) in [5.41, 5.74) is 1.09. The van der Waals surface area contributed by atoms with E-state index in [0.717, 1.165) is 29.0 Å². The van der Waals surface area contributed by atoms with Crippen LogP contribution in [0.15, 0.2) is 28.7 Å². The molecule has 1 aliphatic heterocycles. The summed E-state index contributed by atoms with van der Waals surface area (Å²) in [6.07, 6.45) is 2.39. The molecule has 90 valence electrons. The zero-order chi connectivity index (χ0) is 12.3. The van der Waals surface area contributed by atoms with E-state index in [0.29, 0.717) is 0 Å². The van der Waals surface area contributed by atoms with E-state index in [4.69, 9.17) is 0 Å². The molecule has 0 saturated carbocycles. The van der Waals surface area contributed by atoms with Crippen molar-refractivity contribution in [3.63, 3.8) is 0 Å². The van der Waals surface area contributed by atoms with Crippen LogP contribution in [0.5, 0.6) is 0 Å². The maximum atomic E-state index is 9.41. The van der Waals surface area contributed by atoms with Crippen LogP contribution in [0.3, 0.4) is 0 Å². The topological polar surface area (TPSA) is 27.0 Å². The Morgan fingerprint density at radius 1 is 1.35 bits per heavy atom. The fourth-order valence-corrected chi connectivity index (χ4v) is 2.83. The first kappa shape index (κ1) is 12.6. The van der Waals surface area contributed by atoms with Gasteiger partial charge in [0.15, 0.2) is 0 Å². The summed E-state index contributed by atoms with van der Waals surface area (Å²) in [4.78, 5) is 2.29. The van der Waals surface area contributed by atoms with Crippen molar-refractivity contribution in [1.82, 2.24) is 4.90 Å². The number of benzene rings is 1. The van der Waals surface area contributed by atoms with Crippen LogP contribution in [-0.2, 0) is 0 Å². The zero-order valence-electron chi connectivity index (χ0n) is 10.1. The van der Waals surface area contributed by atoms with Crippen LogP contribution in [0, 0.1) is 17.2 Å². The Morgan fingerprint density at radius 2 is 2.00 bits per heavy atom. The van der Waals surface area contributed by atoms with Crippen LogP contribution in [0.1, 0.15) is 31.4 Å². The Bertz CT molecular complexity index is 416. The molecule has 1 heterocycles. The normalized spacial score (nSPS) is 19.8. The monoisotopic (exact) mass is 292 g/mol. The lowest BCUT2D eigenvalue weighted by atomic mass is 9.96. The lowest BCUT2D eigenvalue weighted by Crippen LogP contribution is -2.35.